The molecule has 31 heavy (non-hydrogen) atoms. The second-order valence-electron chi connectivity index (χ2n) is 7.88. The van der Waals surface area contributed by atoms with E-state index in [-0.39, 0.29) is 24.5 Å². The van der Waals surface area contributed by atoms with Crippen LogP contribution < -0.4 is 5.32 Å². The van der Waals surface area contributed by atoms with E-state index in [9.17, 15) is 18.4 Å². The standard InChI is InChI=1S/C22H28F2N4O3/c1-15-20(28(14-25-15)12-19(23)24)26-21(29)17-9-6-10-18(11-17)27(2)22(30)31-13-16-7-4-3-5-8-16/h3-5,7-8,14,17-19H,6,9-13H2,1-2H3,(H,26,29). The number of benzene rings is 1. The Balaban J connectivity index is 1.56. The number of ether oxygens (including phenoxy) is 1. The van der Waals surface area contributed by atoms with Gasteiger partial charge in [-0.05, 0) is 31.7 Å². The minimum Gasteiger partial charge on any atom is -0.445 e. The van der Waals surface area contributed by atoms with Gasteiger partial charge in [-0.1, -0.05) is 36.8 Å². The monoisotopic (exact) mass is 434 g/mol. The first-order valence-electron chi connectivity index (χ1n) is 10.4. The molecule has 1 aromatic carbocycles. The quantitative estimate of drug-likeness (QED) is 0.708. The van der Waals surface area contributed by atoms with Crippen molar-refractivity contribution in [1.82, 2.24) is 14.5 Å². The van der Waals surface area contributed by atoms with Crippen LogP contribution in [0.5, 0.6) is 0 Å². The topological polar surface area (TPSA) is 76.5 Å². The normalized spacial score (nSPS) is 18.6. The average Bonchev–Trinajstić information content (AvgIpc) is 3.10. The van der Waals surface area contributed by atoms with E-state index in [0.29, 0.717) is 24.4 Å². The van der Waals surface area contributed by atoms with Gasteiger partial charge in [-0.25, -0.2) is 18.6 Å². The van der Waals surface area contributed by atoms with Crippen LogP contribution in [0, 0.1) is 12.8 Å². The van der Waals surface area contributed by atoms with Crippen LogP contribution >= 0.6 is 0 Å². The van der Waals surface area contributed by atoms with Gasteiger partial charge in [0, 0.05) is 19.0 Å². The van der Waals surface area contributed by atoms with Crippen LogP contribution in [0.2, 0.25) is 0 Å². The summed E-state index contributed by atoms with van der Waals surface area (Å²) in [5, 5.41) is 2.76. The maximum atomic E-state index is 12.8. The number of carbonyl (C=O) groups is 2. The molecule has 9 heteroatoms. The molecule has 1 saturated carbocycles. The zero-order valence-electron chi connectivity index (χ0n) is 17.8. The minimum absolute atomic E-state index is 0.125. The Labute approximate surface area is 180 Å². The number of halogens is 2. The molecule has 1 N–H and O–H groups in total. The van der Waals surface area contributed by atoms with Crippen LogP contribution in [-0.4, -0.2) is 46.0 Å². The van der Waals surface area contributed by atoms with Crippen molar-refractivity contribution in [2.24, 2.45) is 5.92 Å². The molecule has 0 aliphatic heterocycles. The van der Waals surface area contributed by atoms with Gasteiger partial charge in [-0.15, -0.1) is 0 Å². The third-order valence-electron chi connectivity index (χ3n) is 5.66. The Morgan fingerprint density at radius 1 is 1.29 bits per heavy atom. The molecule has 1 heterocycles. The molecular weight excluding hydrogens is 406 g/mol. The maximum Gasteiger partial charge on any atom is 0.410 e. The first-order valence-corrected chi connectivity index (χ1v) is 10.4. The van der Waals surface area contributed by atoms with Crippen LogP contribution in [0.15, 0.2) is 36.7 Å². The molecule has 2 aromatic rings. The molecule has 2 atom stereocenters. The highest BCUT2D eigenvalue weighted by molar-refractivity contribution is 5.92. The summed E-state index contributed by atoms with van der Waals surface area (Å²) in [5.41, 5.74) is 1.39. The summed E-state index contributed by atoms with van der Waals surface area (Å²) >= 11 is 0. The Hall–Kier alpha value is -2.97. The lowest BCUT2D eigenvalue weighted by molar-refractivity contribution is -0.121. The molecule has 3 rings (SSSR count). The smallest absolute Gasteiger partial charge is 0.410 e. The number of amides is 2. The number of hydrogen-bond donors (Lipinski definition) is 1. The van der Waals surface area contributed by atoms with Crippen molar-refractivity contribution < 1.29 is 23.1 Å². The largest absolute Gasteiger partial charge is 0.445 e. The summed E-state index contributed by atoms with van der Waals surface area (Å²) in [4.78, 5) is 30.9. The molecule has 0 saturated heterocycles. The molecule has 168 valence electrons. The van der Waals surface area contributed by atoms with Gasteiger partial charge in [0.2, 0.25) is 5.91 Å². The molecule has 1 aliphatic carbocycles. The second-order valence-corrected chi connectivity index (χ2v) is 7.88. The molecular formula is C22H28F2N4O3. The van der Waals surface area contributed by atoms with Crippen LogP contribution in [0.1, 0.15) is 36.9 Å². The number of anilines is 1. The van der Waals surface area contributed by atoms with E-state index >= 15 is 0 Å². The van der Waals surface area contributed by atoms with E-state index in [1.807, 2.05) is 30.3 Å². The van der Waals surface area contributed by atoms with Crippen molar-refractivity contribution in [3.8, 4) is 0 Å². The molecule has 0 bridgehead atoms. The predicted molar refractivity (Wildman–Crippen MR) is 112 cm³/mol. The zero-order valence-corrected chi connectivity index (χ0v) is 17.8. The maximum absolute atomic E-state index is 12.8. The van der Waals surface area contributed by atoms with Gasteiger partial charge in [-0.3, -0.25) is 4.79 Å². The van der Waals surface area contributed by atoms with E-state index in [1.165, 1.54) is 10.9 Å². The van der Waals surface area contributed by atoms with E-state index in [2.05, 4.69) is 10.3 Å². The Bertz CT molecular complexity index is 888. The first-order chi connectivity index (χ1) is 14.8. The van der Waals surface area contributed by atoms with Gasteiger partial charge in [0.25, 0.3) is 6.43 Å². The molecule has 1 fully saturated rings. The highest BCUT2D eigenvalue weighted by Gasteiger charge is 2.32. The van der Waals surface area contributed by atoms with Gasteiger partial charge < -0.3 is 19.5 Å². The van der Waals surface area contributed by atoms with Crippen LogP contribution in [0.25, 0.3) is 0 Å². The Morgan fingerprint density at radius 3 is 2.74 bits per heavy atom. The highest BCUT2D eigenvalue weighted by atomic mass is 19.3. The highest BCUT2D eigenvalue weighted by Crippen LogP contribution is 2.29. The Kier molecular flexibility index (Phi) is 7.59. The van der Waals surface area contributed by atoms with Crippen molar-refractivity contribution >= 4 is 17.8 Å². The molecule has 1 aliphatic rings. The van der Waals surface area contributed by atoms with E-state index in [1.54, 1.807) is 18.9 Å². The van der Waals surface area contributed by atoms with Gasteiger partial charge in [0.1, 0.15) is 12.4 Å². The summed E-state index contributed by atoms with van der Waals surface area (Å²) in [5.74, 6) is -0.268. The second kappa shape index (κ2) is 10.4. The summed E-state index contributed by atoms with van der Waals surface area (Å²) in [6.45, 7) is 1.32. The summed E-state index contributed by atoms with van der Waals surface area (Å²) < 4.78 is 32.2. The SMILES string of the molecule is Cc1ncn(CC(F)F)c1NC(=O)C1CCCC(N(C)C(=O)OCc2ccccc2)C1. The molecule has 2 amide bonds. The Morgan fingerprint density at radius 2 is 2.03 bits per heavy atom. The molecule has 2 unspecified atom stereocenters. The summed E-state index contributed by atoms with van der Waals surface area (Å²) in [6, 6.07) is 9.30. The number of carbonyl (C=O) groups excluding carboxylic acids is 2. The third-order valence-corrected chi connectivity index (χ3v) is 5.66. The minimum atomic E-state index is -2.54. The fraction of sp³-hybridized carbons (Fsp3) is 0.500. The number of rotatable bonds is 7. The number of nitrogens with zero attached hydrogens (tertiary/aromatic N) is 3. The van der Waals surface area contributed by atoms with Crippen molar-refractivity contribution in [1.29, 1.82) is 0 Å². The number of nitrogens with one attached hydrogen (secondary N) is 1. The number of alkyl halides is 2. The lowest BCUT2D eigenvalue weighted by Gasteiger charge is -2.34. The lowest BCUT2D eigenvalue weighted by atomic mass is 9.84. The fourth-order valence-corrected chi connectivity index (χ4v) is 3.88. The molecule has 0 radical (unpaired) electrons. The number of hydrogen-bond acceptors (Lipinski definition) is 4. The number of aryl methyl sites for hydroxylation is 1. The predicted octanol–water partition coefficient (Wildman–Crippen LogP) is 4.22. The third kappa shape index (κ3) is 6.02. The molecule has 0 spiro atoms. The first kappa shape index (κ1) is 22.7. The summed E-state index contributed by atoms with van der Waals surface area (Å²) in [6.07, 6.45) is 1.07. The van der Waals surface area contributed by atoms with Crippen LogP contribution in [-0.2, 0) is 22.7 Å². The molecule has 7 nitrogen and oxygen atoms in total. The van der Waals surface area contributed by atoms with Gasteiger partial charge in [0.05, 0.1) is 18.6 Å². The van der Waals surface area contributed by atoms with Gasteiger partial charge >= 0.3 is 6.09 Å². The van der Waals surface area contributed by atoms with Crippen LogP contribution in [0.3, 0.4) is 0 Å². The van der Waals surface area contributed by atoms with E-state index in [0.717, 1.165) is 18.4 Å². The van der Waals surface area contributed by atoms with Crippen molar-refractivity contribution in [2.75, 3.05) is 12.4 Å². The summed E-state index contributed by atoms with van der Waals surface area (Å²) in [7, 11) is 1.68. The van der Waals surface area contributed by atoms with Gasteiger partial charge in [0.15, 0.2) is 0 Å². The number of aromatic nitrogens is 2. The van der Waals surface area contributed by atoms with Crippen LogP contribution in [0.4, 0.5) is 19.4 Å². The van der Waals surface area contributed by atoms with Crippen molar-refractivity contribution in [2.45, 2.75) is 58.2 Å². The van der Waals surface area contributed by atoms with E-state index in [4.69, 9.17) is 4.74 Å². The molecule has 1 aromatic heterocycles. The van der Waals surface area contributed by atoms with E-state index < -0.39 is 19.1 Å². The fourth-order valence-electron chi connectivity index (χ4n) is 3.88. The van der Waals surface area contributed by atoms with Crippen molar-refractivity contribution in [3.63, 3.8) is 0 Å². The number of imidazole rings is 1. The lowest BCUT2D eigenvalue weighted by Crippen LogP contribution is -2.42. The van der Waals surface area contributed by atoms with Gasteiger partial charge in [-0.2, -0.15) is 0 Å². The average molecular weight is 434 g/mol. The zero-order chi connectivity index (χ0) is 22.4. The van der Waals surface area contributed by atoms with Crippen molar-refractivity contribution in [3.05, 3.63) is 47.9 Å².